The molecule has 0 saturated carbocycles. The molecule has 5 aromatic rings. The number of aromatic carboxylic acids is 1. The maximum atomic E-state index is 12.1. The lowest BCUT2D eigenvalue weighted by Crippen LogP contribution is -2.28. The van der Waals surface area contributed by atoms with Gasteiger partial charge in [-0.2, -0.15) is 0 Å². The Balaban J connectivity index is 1.66. The number of nitrogens with two attached hydrogens (primary N) is 1. The minimum Gasteiger partial charge on any atom is -0.507 e. The average molecular weight is 484 g/mol. The topological polar surface area (TPSA) is 131 Å². The quantitative estimate of drug-likeness (QED) is 0.239. The van der Waals surface area contributed by atoms with Gasteiger partial charge in [-0.05, 0) is 17.2 Å². The van der Waals surface area contributed by atoms with Gasteiger partial charge in [0.15, 0.2) is 0 Å². The number of hydrogen-bond donors (Lipinski definition) is 4. The molecule has 2 heterocycles. The number of benzene rings is 3. The Hall–Kier alpha value is -4.40. The number of carboxylic acid groups (broad SMARTS) is 1. The molecule has 5 rings (SSSR count). The maximum absolute atomic E-state index is 12.1. The van der Waals surface area contributed by atoms with Gasteiger partial charge >= 0.3 is 5.97 Å². The Morgan fingerprint density at radius 1 is 1.08 bits per heavy atom. The minimum absolute atomic E-state index is 0.0277. The summed E-state index contributed by atoms with van der Waals surface area (Å²) in [6, 6.07) is 19.9. The molecule has 5 N–H and O–H groups in total. The molecule has 0 saturated heterocycles. The molecule has 0 aliphatic heterocycles. The number of furan rings is 1. The van der Waals surface area contributed by atoms with Crippen molar-refractivity contribution in [2.75, 3.05) is 13.1 Å². The number of fused-ring (bicyclic) bond motifs is 3. The zero-order chi connectivity index (χ0) is 25.1. The van der Waals surface area contributed by atoms with Crippen LogP contribution in [0.15, 0.2) is 83.6 Å². The van der Waals surface area contributed by atoms with Crippen molar-refractivity contribution in [3.8, 4) is 11.6 Å². The lowest BCUT2D eigenvalue weighted by molar-refractivity contribution is 0.0698. The molecule has 8 nitrogen and oxygen atoms in total. The van der Waals surface area contributed by atoms with Crippen molar-refractivity contribution in [3.05, 3.63) is 101 Å². The van der Waals surface area contributed by atoms with E-state index >= 15 is 0 Å². The van der Waals surface area contributed by atoms with E-state index in [0.717, 1.165) is 11.1 Å². The van der Waals surface area contributed by atoms with Gasteiger partial charge in [-0.25, -0.2) is 9.78 Å². The minimum atomic E-state index is -1.15. The number of hydrogen-bond acceptors (Lipinski definition) is 7. The third kappa shape index (κ3) is 4.35. The fourth-order valence-electron chi connectivity index (χ4n) is 4.44. The van der Waals surface area contributed by atoms with Crippen molar-refractivity contribution < 1.29 is 24.2 Å². The summed E-state index contributed by atoms with van der Waals surface area (Å²) in [7, 11) is 0. The van der Waals surface area contributed by atoms with E-state index < -0.39 is 12.0 Å². The van der Waals surface area contributed by atoms with E-state index in [9.17, 15) is 15.0 Å². The van der Waals surface area contributed by atoms with E-state index in [0.29, 0.717) is 52.9 Å². The second-order valence-corrected chi connectivity index (χ2v) is 8.34. The molecule has 0 radical (unpaired) electrons. The van der Waals surface area contributed by atoms with Crippen LogP contribution < -0.4 is 15.8 Å². The van der Waals surface area contributed by atoms with E-state index in [1.807, 2.05) is 42.5 Å². The predicted molar refractivity (Wildman–Crippen MR) is 136 cm³/mol. The highest BCUT2D eigenvalue weighted by atomic mass is 16.5. The lowest BCUT2D eigenvalue weighted by atomic mass is 9.90. The monoisotopic (exact) mass is 483 g/mol. The average Bonchev–Trinajstić information content (AvgIpc) is 3.36. The first kappa shape index (κ1) is 23.3. The molecule has 0 aliphatic carbocycles. The molecule has 182 valence electrons. The first-order chi connectivity index (χ1) is 17.6. The summed E-state index contributed by atoms with van der Waals surface area (Å²) in [6.07, 6.45) is 2.83. The molecule has 0 aliphatic rings. The molecule has 0 bridgehead atoms. The van der Waals surface area contributed by atoms with Gasteiger partial charge in [-0.1, -0.05) is 54.6 Å². The Bertz CT molecular complexity index is 1530. The molecule has 1 unspecified atom stereocenters. The van der Waals surface area contributed by atoms with Gasteiger partial charge in [0.1, 0.15) is 29.8 Å². The van der Waals surface area contributed by atoms with Gasteiger partial charge in [-0.3, -0.25) is 0 Å². The predicted octanol–water partition coefficient (Wildman–Crippen LogP) is 4.60. The summed E-state index contributed by atoms with van der Waals surface area (Å²) < 4.78 is 11.7. The van der Waals surface area contributed by atoms with Crippen LogP contribution in [0.5, 0.6) is 11.6 Å². The Morgan fingerprint density at radius 2 is 1.83 bits per heavy atom. The van der Waals surface area contributed by atoms with Gasteiger partial charge in [0.05, 0.1) is 6.04 Å². The molecule has 0 fully saturated rings. The molecule has 0 spiro atoms. The normalized spacial score (nSPS) is 12.1. The number of carbonyl (C=O) groups is 1. The standard InChI is InChI=1S/C28H25N3O5/c29-11-13-31-25(18-10-12-30-22(14-18)35-15-17-6-2-1-3-7-17)24-23-21(28(33)34)16-36-27(23)20-9-5-4-8-19(20)26(24)32/h1-10,12,14,16,25,31-32H,11,13,15,29H2,(H,33,34). The molecule has 3 aromatic carbocycles. The van der Waals surface area contributed by atoms with E-state index in [-0.39, 0.29) is 11.3 Å². The second-order valence-electron chi connectivity index (χ2n) is 8.34. The van der Waals surface area contributed by atoms with E-state index in [2.05, 4.69) is 10.3 Å². The first-order valence-corrected chi connectivity index (χ1v) is 11.5. The molecule has 8 heteroatoms. The Kier molecular flexibility index (Phi) is 6.53. The molecular weight excluding hydrogens is 458 g/mol. The first-order valence-electron chi connectivity index (χ1n) is 11.5. The Morgan fingerprint density at radius 3 is 2.58 bits per heavy atom. The van der Waals surface area contributed by atoms with Crippen molar-refractivity contribution in [2.45, 2.75) is 12.6 Å². The van der Waals surface area contributed by atoms with Crippen LogP contribution in [0.4, 0.5) is 0 Å². The van der Waals surface area contributed by atoms with Crippen LogP contribution in [0.25, 0.3) is 21.7 Å². The number of nitrogens with zero attached hydrogens (tertiary/aromatic N) is 1. The van der Waals surface area contributed by atoms with Crippen LogP contribution in [0.1, 0.15) is 33.1 Å². The van der Waals surface area contributed by atoms with Crippen molar-refractivity contribution in [2.24, 2.45) is 5.73 Å². The number of rotatable bonds is 9. The number of aromatic nitrogens is 1. The van der Waals surface area contributed by atoms with Gasteiger partial charge in [0, 0.05) is 47.1 Å². The largest absolute Gasteiger partial charge is 0.507 e. The number of phenolic OH excluding ortho intramolecular Hbond substituents is 1. The van der Waals surface area contributed by atoms with Crippen molar-refractivity contribution in [3.63, 3.8) is 0 Å². The van der Waals surface area contributed by atoms with Crippen LogP contribution in [-0.2, 0) is 6.61 Å². The zero-order valence-corrected chi connectivity index (χ0v) is 19.3. The van der Waals surface area contributed by atoms with E-state index in [1.165, 1.54) is 6.26 Å². The smallest absolute Gasteiger partial charge is 0.339 e. The summed E-state index contributed by atoms with van der Waals surface area (Å²) in [5, 5.41) is 26.2. The number of phenols is 1. The Labute approximate surface area is 207 Å². The molecule has 36 heavy (non-hydrogen) atoms. The van der Waals surface area contributed by atoms with Crippen LogP contribution in [-0.4, -0.2) is 34.3 Å². The summed E-state index contributed by atoms with van der Waals surface area (Å²) in [6.45, 7) is 1.10. The number of nitrogens with one attached hydrogen (secondary N) is 1. The van der Waals surface area contributed by atoms with Crippen molar-refractivity contribution in [1.29, 1.82) is 0 Å². The number of ether oxygens (including phenoxy) is 1. The van der Waals surface area contributed by atoms with E-state index in [4.69, 9.17) is 14.9 Å². The SMILES string of the molecule is NCCNC(c1ccnc(OCc2ccccc2)c1)c1c(O)c2ccccc2c2occ(C(=O)O)c12. The third-order valence-corrected chi connectivity index (χ3v) is 6.08. The van der Waals surface area contributed by atoms with E-state index in [1.54, 1.807) is 30.5 Å². The van der Waals surface area contributed by atoms with Crippen LogP contribution in [0.3, 0.4) is 0 Å². The van der Waals surface area contributed by atoms with Crippen LogP contribution in [0.2, 0.25) is 0 Å². The van der Waals surface area contributed by atoms with Crippen LogP contribution >= 0.6 is 0 Å². The summed E-state index contributed by atoms with van der Waals surface area (Å²) in [5.41, 5.74) is 8.28. The highest BCUT2D eigenvalue weighted by molar-refractivity contribution is 6.15. The number of carboxylic acids is 1. The number of pyridine rings is 1. The van der Waals surface area contributed by atoms with Crippen LogP contribution in [0, 0.1) is 0 Å². The molecule has 0 amide bonds. The fraction of sp³-hybridized carbons (Fsp3) is 0.143. The highest BCUT2D eigenvalue weighted by Gasteiger charge is 2.28. The van der Waals surface area contributed by atoms with Gasteiger partial charge in [0.2, 0.25) is 5.88 Å². The number of aromatic hydroxyl groups is 1. The van der Waals surface area contributed by atoms with Gasteiger partial charge in [0.25, 0.3) is 0 Å². The lowest BCUT2D eigenvalue weighted by Gasteiger charge is -2.23. The van der Waals surface area contributed by atoms with Crippen molar-refractivity contribution in [1.82, 2.24) is 10.3 Å². The van der Waals surface area contributed by atoms with Crippen molar-refractivity contribution >= 4 is 27.7 Å². The summed E-state index contributed by atoms with van der Waals surface area (Å²) >= 11 is 0. The van der Waals surface area contributed by atoms with Gasteiger partial charge < -0.3 is 30.4 Å². The summed E-state index contributed by atoms with van der Waals surface area (Å²) in [5.74, 6) is -0.776. The summed E-state index contributed by atoms with van der Waals surface area (Å²) in [4.78, 5) is 16.4. The third-order valence-electron chi connectivity index (χ3n) is 6.08. The fourth-order valence-corrected chi connectivity index (χ4v) is 4.44. The molecule has 2 aromatic heterocycles. The maximum Gasteiger partial charge on any atom is 0.339 e. The van der Waals surface area contributed by atoms with Gasteiger partial charge in [-0.15, -0.1) is 0 Å². The molecule has 1 atom stereocenters. The zero-order valence-electron chi connectivity index (χ0n) is 19.3. The second kappa shape index (κ2) is 10.1. The highest BCUT2D eigenvalue weighted by Crippen LogP contribution is 2.44. The molecular formula is C28H25N3O5.